The molecule has 1 aliphatic carbocycles. The van der Waals surface area contributed by atoms with Gasteiger partial charge in [0.15, 0.2) is 0 Å². The van der Waals surface area contributed by atoms with Gasteiger partial charge in [0.1, 0.15) is 6.04 Å². The highest BCUT2D eigenvalue weighted by Crippen LogP contribution is 2.68. The summed E-state index contributed by atoms with van der Waals surface area (Å²) in [5.41, 5.74) is -0.202. The van der Waals surface area contributed by atoms with E-state index >= 15 is 0 Å². The average molecular weight is 237 g/mol. The van der Waals surface area contributed by atoms with Gasteiger partial charge in [-0.05, 0) is 10.8 Å². The van der Waals surface area contributed by atoms with E-state index in [9.17, 15) is 9.59 Å². The van der Waals surface area contributed by atoms with Crippen LogP contribution in [0.25, 0.3) is 0 Å². The van der Waals surface area contributed by atoms with E-state index in [2.05, 4.69) is 11.2 Å². The lowest BCUT2D eigenvalue weighted by Gasteiger charge is -2.12. The molecule has 1 amide bonds. The zero-order valence-electron chi connectivity index (χ0n) is 10.7. The van der Waals surface area contributed by atoms with Crippen molar-refractivity contribution in [2.75, 3.05) is 0 Å². The second-order valence-corrected chi connectivity index (χ2v) is 5.68. The molecule has 0 heterocycles. The Hall–Kier alpha value is -1.50. The van der Waals surface area contributed by atoms with Gasteiger partial charge in [0, 0.05) is 12.3 Å². The Morgan fingerprint density at radius 3 is 2.12 bits per heavy atom. The van der Waals surface area contributed by atoms with Gasteiger partial charge in [0.05, 0.1) is 0 Å². The van der Waals surface area contributed by atoms with Crippen molar-refractivity contribution in [2.24, 2.45) is 16.7 Å². The third-order valence-electron chi connectivity index (χ3n) is 4.22. The summed E-state index contributed by atoms with van der Waals surface area (Å²) < 4.78 is 0. The van der Waals surface area contributed by atoms with Crippen molar-refractivity contribution in [2.45, 2.75) is 40.2 Å². The Morgan fingerprint density at radius 1 is 1.35 bits per heavy atom. The number of terminal acetylenes is 1. The monoisotopic (exact) mass is 237 g/mol. The Balaban J connectivity index is 2.69. The van der Waals surface area contributed by atoms with Crippen LogP contribution in [0, 0.1) is 29.1 Å². The van der Waals surface area contributed by atoms with Crippen molar-refractivity contribution < 1.29 is 14.7 Å². The largest absolute Gasteiger partial charge is 0.480 e. The average Bonchev–Trinajstić information content (AvgIpc) is 2.56. The van der Waals surface area contributed by atoms with E-state index < -0.39 is 12.0 Å². The molecule has 1 saturated carbocycles. The number of nitrogens with one attached hydrogen (secondary N) is 1. The number of carboxylic acids is 1. The Morgan fingerprint density at radius 2 is 1.82 bits per heavy atom. The van der Waals surface area contributed by atoms with Gasteiger partial charge in [-0.2, -0.15) is 0 Å². The van der Waals surface area contributed by atoms with Gasteiger partial charge in [-0.25, -0.2) is 4.79 Å². The zero-order valence-corrected chi connectivity index (χ0v) is 10.7. The SMILES string of the molecule is C#CCC(NC(=O)C1C(C)(C)C1(C)C)C(=O)O. The minimum atomic E-state index is -1.09. The van der Waals surface area contributed by atoms with E-state index in [1.807, 2.05) is 27.7 Å². The predicted molar refractivity (Wildman–Crippen MR) is 64.1 cm³/mol. The van der Waals surface area contributed by atoms with Crippen LogP contribution in [0.5, 0.6) is 0 Å². The summed E-state index contributed by atoms with van der Waals surface area (Å²) in [7, 11) is 0. The van der Waals surface area contributed by atoms with Gasteiger partial charge in [-0.1, -0.05) is 27.7 Å². The summed E-state index contributed by atoms with van der Waals surface area (Å²) in [5.74, 6) is 0.792. The molecule has 4 nitrogen and oxygen atoms in total. The van der Waals surface area contributed by atoms with E-state index in [1.54, 1.807) is 0 Å². The molecule has 1 unspecified atom stereocenters. The van der Waals surface area contributed by atoms with Gasteiger partial charge < -0.3 is 10.4 Å². The number of carboxylic acid groups (broad SMARTS) is 1. The molecule has 0 aromatic rings. The van der Waals surface area contributed by atoms with E-state index in [1.165, 1.54) is 0 Å². The third kappa shape index (κ3) is 2.14. The topological polar surface area (TPSA) is 66.4 Å². The number of rotatable bonds is 4. The molecule has 17 heavy (non-hydrogen) atoms. The summed E-state index contributed by atoms with van der Waals surface area (Å²) in [6.07, 6.45) is 5.09. The third-order valence-corrected chi connectivity index (χ3v) is 4.22. The second-order valence-electron chi connectivity index (χ2n) is 5.68. The van der Waals surface area contributed by atoms with Gasteiger partial charge in [0.25, 0.3) is 0 Å². The van der Waals surface area contributed by atoms with Crippen LogP contribution >= 0.6 is 0 Å². The molecule has 0 aliphatic heterocycles. The molecule has 1 fully saturated rings. The normalized spacial score (nSPS) is 22.3. The van der Waals surface area contributed by atoms with Crippen LogP contribution < -0.4 is 5.32 Å². The minimum Gasteiger partial charge on any atom is -0.480 e. The Bertz CT molecular complexity index is 376. The number of carbonyl (C=O) groups excluding carboxylic acids is 1. The maximum Gasteiger partial charge on any atom is 0.327 e. The van der Waals surface area contributed by atoms with Crippen LogP contribution in [-0.2, 0) is 9.59 Å². The van der Waals surface area contributed by atoms with Gasteiger partial charge in [0.2, 0.25) is 5.91 Å². The Labute approximate surface area is 102 Å². The molecule has 0 saturated heterocycles. The van der Waals surface area contributed by atoms with Crippen LogP contribution in [-0.4, -0.2) is 23.0 Å². The molecule has 0 bridgehead atoms. The number of carbonyl (C=O) groups is 2. The maximum atomic E-state index is 12.0. The van der Waals surface area contributed by atoms with Crippen molar-refractivity contribution >= 4 is 11.9 Å². The minimum absolute atomic E-state index is 0.00858. The lowest BCUT2D eigenvalue weighted by Crippen LogP contribution is -2.42. The van der Waals surface area contributed by atoms with Crippen LogP contribution in [0.1, 0.15) is 34.1 Å². The molecule has 0 radical (unpaired) electrons. The molecule has 0 aromatic carbocycles. The molecule has 94 valence electrons. The van der Waals surface area contributed by atoms with Crippen LogP contribution in [0.2, 0.25) is 0 Å². The van der Waals surface area contributed by atoms with Crippen molar-refractivity contribution in [3.05, 3.63) is 0 Å². The standard InChI is InChI=1S/C13H19NO3/c1-6-7-8(11(16)17)14-10(15)9-12(2,3)13(9,4)5/h1,8-9H,7H2,2-5H3,(H,14,15)(H,16,17). The summed E-state index contributed by atoms with van der Waals surface area (Å²) in [6, 6.07) is -0.986. The van der Waals surface area contributed by atoms with E-state index in [0.29, 0.717) is 0 Å². The van der Waals surface area contributed by atoms with Crippen LogP contribution in [0.15, 0.2) is 0 Å². The molecule has 1 rings (SSSR count). The molecule has 4 heteroatoms. The van der Waals surface area contributed by atoms with Crippen LogP contribution in [0.3, 0.4) is 0 Å². The fourth-order valence-corrected chi connectivity index (χ4v) is 2.42. The highest BCUT2D eigenvalue weighted by atomic mass is 16.4. The highest BCUT2D eigenvalue weighted by molar-refractivity contribution is 5.88. The fourth-order valence-electron chi connectivity index (χ4n) is 2.42. The van der Waals surface area contributed by atoms with Crippen molar-refractivity contribution in [3.8, 4) is 12.3 Å². The summed E-state index contributed by atoms with van der Waals surface area (Å²) in [4.78, 5) is 22.9. The van der Waals surface area contributed by atoms with Gasteiger partial charge >= 0.3 is 5.97 Å². The van der Waals surface area contributed by atoms with Crippen molar-refractivity contribution in [3.63, 3.8) is 0 Å². The summed E-state index contributed by atoms with van der Waals surface area (Å²) in [6.45, 7) is 8.03. The molecule has 2 N–H and O–H groups in total. The second kappa shape index (κ2) is 4.06. The molecule has 1 atom stereocenters. The lowest BCUT2D eigenvalue weighted by atomic mass is 10.0. The molecule has 1 aliphatic rings. The molecular weight excluding hydrogens is 218 g/mol. The fraction of sp³-hybridized carbons (Fsp3) is 0.692. The molecule has 0 spiro atoms. The first kappa shape index (κ1) is 13.6. The first-order valence-electron chi connectivity index (χ1n) is 5.63. The molecular formula is C13H19NO3. The highest BCUT2D eigenvalue weighted by Gasteiger charge is 2.68. The van der Waals surface area contributed by atoms with E-state index in [4.69, 9.17) is 11.5 Å². The maximum absolute atomic E-state index is 12.0. The summed E-state index contributed by atoms with van der Waals surface area (Å²) in [5, 5.41) is 11.4. The number of hydrogen-bond acceptors (Lipinski definition) is 2. The van der Waals surface area contributed by atoms with E-state index in [-0.39, 0.29) is 29.1 Å². The Kier molecular flexibility index (Phi) is 3.24. The molecule has 0 aromatic heterocycles. The lowest BCUT2D eigenvalue weighted by molar-refractivity contribution is -0.142. The smallest absolute Gasteiger partial charge is 0.327 e. The predicted octanol–water partition coefficient (Wildman–Crippen LogP) is 1.26. The number of amides is 1. The van der Waals surface area contributed by atoms with Crippen molar-refractivity contribution in [1.29, 1.82) is 0 Å². The van der Waals surface area contributed by atoms with Gasteiger partial charge in [-0.3, -0.25) is 4.79 Å². The van der Waals surface area contributed by atoms with Gasteiger partial charge in [-0.15, -0.1) is 12.3 Å². The first-order chi connectivity index (χ1) is 7.66. The zero-order chi connectivity index (χ0) is 13.4. The van der Waals surface area contributed by atoms with E-state index in [0.717, 1.165) is 0 Å². The number of hydrogen-bond donors (Lipinski definition) is 2. The van der Waals surface area contributed by atoms with Crippen LogP contribution in [0.4, 0.5) is 0 Å². The van der Waals surface area contributed by atoms with Crippen molar-refractivity contribution in [1.82, 2.24) is 5.32 Å². The summed E-state index contributed by atoms with van der Waals surface area (Å²) >= 11 is 0. The first-order valence-corrected chi connectivity index (χ1v) is 5.63. The number of aliphatic carboxylic acids is 1. The quantitative estimate of drug-likeness (QED) is 0.723.